The normalized spacial score (nSPS) is 13.2. The van der Waals surface area contributed by atoms with E-state index in [0.717, 1.165) is 25.5 Å². The Morgan fingerprint density at radius 1 is 1.53 bits per heavy atom. The lowest BCUT2D eigenvalue weighted by Gasteiger charge is -2.18. The van der Waals surface area contributed by atoms with Crippen LogP contribution >= 0.6 is 0 Å². The summed E-state index contributed by atoms with van der Waals surface area (Å²) in [5, 5.41) is 3.54. The molecule has 1 unspecified atom stereocenters. The molecule has 1 heterocycles. The number of likely N-dealkylation sites (N-methyl/N-ethyl adjacent to an activating group) is 1. The minimum Gasteiger partial charge on any atom is -0.337 e. The molecule has 0 saturated carbocycles. The summed E-state index contributed by atoms with van der Waals surface area (Å²) in [7, 11) is 4.18. The molecule has 0 radical (unpaired) electrons. The van der Waals surface area contributed by atoms with Crippen LogP contribution in [0.1, 0.15) is 32.5 Å². The highest BCUT2D eigenvalue weighted by atomic mass is 15.2. The zero-order valence-corrected chi connectivity index (χ0v) is 11.6. The molecule has 1 atom stereocenters. The Morgan fingerprint density at radius 2 is 2.29 bits per heavy atom. The van der Waals surface area contributed by atoms with Crippen molar-refractivity contribution in [2.24, 2.45) is 7.05 Å². The summed E-state index contributed by atoms with van der Waals surface area (Å²) in [6, 6.07) is 0.626. The minimum atomic E-state index is 0.626. The molecule has 98 valence electrons. The molecule has 0 aromatic carbocycles. The molecule has 0 aliphatic heterocycles. The smallest absolute Gasteiger partial charge is 0.122 e. The van der Waals surface area contributed by atoms with Crippen molar-refractivity contribution in [3.8, 4) is 0 Å². The van der Waals surface area contributed by atoms with E-state index in [1.807, 2.05) is 19.4 Å². The quantitative estimate of drug-likeness (QED) is 0.747. The number of aryl methyl sites for hydroxylation is 1. The summed E-state index contributed by atoms with van der Waals surface area (Å²) in [4.78, 5) is 6.63. The van der Waals surface area contributed by atoms with Gasteiger partial charge >= 0.3 is 0 Å². The van der Waals surface area contributed by atoms with E-state index in [1.165, 1.54) is 12.8 Å². The molecule has 1 aromatic heterocycles. The number of rotatable bonds is 8. The Morgan fingerprint density at radius 3 is 2.88 bits per heavy atom. The van der Waals surface area contributed by atoms with Crippen molar-refractivity contribution in [3.63, 3.8) is 0 Å². The summed E-state index contributed by atoms with van der Waals surface area (Å²) in [5.41, 5.74) is 0. The average molecular weight is 238 g/mol. The highest BCUT2D eigenvalue weighted by molar-refractivity contribution is 4.90. The fourth-order valence-corrected chi connectivity index (χ4v) is 1.91. The van der Waals surface area contributed by atoms with E-state index in [-0.39, 0.29) is 0 Å². The topological polar surface area (TPSA) is 33.1 Å². The minimum absolute atomic E-state index is 0.626. The molecule has 1 rings (SSSR count). The first-order valence-electron chi connectivity index (χ1n) is 6.51. The van der Waals surface area contributed by atoms with Crippen molar-refractivity contribution in [1.82, 2.24) is 19.8 Å². The first kappa shape index (κ1) is 14.2. The van der Waals surface area contributed by atoms with E-state index in [0.29, 0.717) is 6.04 Å². The molecular weight excluding hydrogens is 212 g/mol. The molecule has 0 saturated heterocycles. The second-order valence-corrected chi connectivity index (χ2v) is 4.84. The van der Waals surface area contributed by atoms with Crippen molar-refractivity contribution in [3.05, 3.63) is 18.2 Å². The lowest BCUT2D eigenvalue weighted by Crippen LogP contribution is -2.34. The van der Waals surface area contributed by atoms with E-state index < -0.39 is 0 Å². The SMILES string of the molecule is CCCC(C)NCCN(C)Cc1nccn1C. The zero-order chi connectivity index (χ0) is 12.7. The number of imidazole rings is 1. The summed E-state index contributed by atoms with van der Waals surface area (Å²) in [6.07, 6.45) is 6.34. The molecule has 1 aromatic rings. The van der Waals surface area contributed by atoms with Gasteiger partial charge in [0.25, 0.3) is 0 Å². The van der Waals surface area contributed by atoms with Crippen LogP contribution in [0.2, 0.25) is 0 Å². The van der Waals surface area contributed by atoms with E-state index in [1.54, 1.807) is 0 Å². The second-order valence-electron chi connectivity index (χ2n) is 4.84. The van der Waals surface area contributed by atoms with Gasteiger partial charge in [0.2, 0.25) is 0 Å². The lowest BCUT2D eigenvalue weighted by atomic mass is 10.2. The molecule has 0 aliphatic rings. The van der Waals surface area contributed by atoms with Gasteiger partial charge in [0.1, 0.15) is 5.82 Å². The van der Waals surface area contributed by atoms with Gasteiger partial charge in [-0.05, 0) is 20.4 Å². The van der Waals surface area contributed by atoms with Gasteiger partial charge in [-0.3, -0.25) is 4.90 Å². The predicted molar refractivity (Wildman–Crippen MR) is 71.9 cm³/mol. The molecular formula is C13H26N4. The standard InChI is InChI=1S/C13H26N4/c1-5-6-12(2)14-7-9-16(3)11-13-15-8-10-17(13)4/h8,10,12,14H,5-7,9,11H2,1-4H3. The first-order valence-corrected chi connectivity index (χ1v) is 6.51. The van der Waals surface area contributed by atoms with Gasteiger partial charge in [-0.2, -0.15) is 0 Å². The van der Waals surface area contributed by atoms with Gasteiger partial charge in [-0.25, -0.2) is 4.98 Å². The molecule has 17 heavy (non-hydrogen) atoms. The van der Waals surface area contributed by atoms with E-state index in [4.69, 9.17) is 0 Å². The summed E-state index contributed by atoms with van der Waals surface area (Å²) < 4.78 is 2.07. The van der Waals surface area contributed by atoms with Crippen molar-refractivity contribution < 1.29 is 0 Å². The van der Waals surface area contributed by atoms with Crippen molar-refractivity contribution in [2.45, 2.75) is 39.3 Å². The van der Waals surface area contributed by atoms with Crippen LogP contribution in [0.15, 0.2) is 12.4 Å². The van der Waals surface area contributed by atoms with Crippen LogP contribution in [-0.4, -0.2) is 40.6 Å². The summed E-state index contributed by atoms with van der Waals surface area (Å²) in [5.74, 6) is 1.12. The third-order valence-electron chi connectivity index (χ3n) is 3.04. The van der Waals surface area contributed by atoms with Crippen LogP contribution in [0.4, 0.5) is 0 Å². The maximum absolute atomic E-state index is 4.33. The zero-order valence-electron chi connectivity index (χ0n) is 11.6. The highest BCUT2D eigenvalue weighted by Gasteiger charge is 2.05. The van der Waals surface area contributed by atoms with Crippen LogP contribution in [0, 0.1) is 0 Å². The van der Waals surface area contributed by atoms with E-state index in [9.17, 15) is 0 Å². The number of aromatic nitrogens is 2. The fraction of sp³-hybridized carbons (Fsp3) is 0.769. The van der Waals surface area contributed by atoms with Gasteiger partial charge in [0, 0.05) is 38.6 Å². The van der Waals surface area contributed by atoms with Crippen LogP contribution in [0.25, 0.3) is 0 Å². The van der Waals surface area contributed by atoms with Gasteiger partial charge in [0.15, 0.2) is 0 Å². The molecule has 4 nitrogen and oxygen atoms in total. The molecule has 1 N–H and O–H groups in total. The summed E-state index contributed by atoms with van der Waals surface area (Å²) >= 11 is 0. The molecule has 0 spiro atoms. The van der Waals surface area contributed by atoms with Crippen molar-refractivity contribution in [1.29, 1.82) is 0 Å². The van der Waals surface area contributed by atoms with Gasteiger partial charge in [-0.15, -0.1) is 0 Å². The Bertz CT molecular complexity index is 308. The summed E-state index contributed by atoms with van der Waals surface area (Å²) in [6.45, 7) is 7.49. The predicted octanol–water partition coefficient (Wildman–Crippen LogP) is 1.63. The van der Waals surface area contributed by atoms with E-state index in [2.05, 4.69) is 40.7 Å². The maximum Gasteiger partial charge on any atom is 0.122 e. The van der Waals surface area contributed by atoms with Crippen LogP contribution < -0.4 is 5.32 Å². The average Bonchev–Trinajstić information content (AvgIpc) is 2.65. The Balaban J connectivity index is 2.17. The number of nitrogens with zero attached hydrogens (tertiary/aromatic N) is 3. The van der Waals surface area contributed by atoms with Crippen LogP contribution in [0.5, 0.6) is 0 Å². The number of nitrogens with one attached hydrogen (secondary N) is 1. The fourth-order valence-electron chi connectivity index (χ4n) is 1.91. The number of hydrogen-bond acceptors (Lipinski definition) is 3. The molecule has 0 bridgehead atoms. The Hall–Kier alpha value is -0.870. The van der Waals surface area contributed by atoms with Gasteiger partial charge < -0.3 is 9.88 Å². The first-order chi connectivity index (χ1) is 8.13. The Labute approximate surface area is 105 Å². The largest absolute Gasteiger partial charge is 0.337 e. The third kappa shape index (κ3) is 5.33. The highest BCUT2D eigenvalue weighted by Crippen LogP contribution is 1.99. The van der Waals surface area contributed by atoms with Crippen LogP contribution in [-0.2, 0) is 13.6 Å². The molecule has 0 aliphatic carbocycles. The molecule has 0 fully saturated rings. The second kappa shape index (κ2) is 7.45. The lowest BCUT2D eigenvalue weighted by molar-refractivity contribution is 0.306. The maximum atomic E-state index is 4.33. The van der Waals surface area contributed by atoms with Gasteiger partial charge in [-0.1, -0.05) is 13.3 Å². The monoisotopic (exact) mass is 238 g/mol. The van der Waals surface area contributed by atoms with Crippen LogP contribution in [0.3, 0.4) is 0 Å². The molecule has 4 heteroatoms. The van der Waals surface area contributed by atoms with E-state index >= 15 is 0 Å². The third-order valence-corrected chi connectivity index (χ3v) is 3.04. The Kier molecular flexibility index (Phi) is 6.22. The van der Waals surface area contributed by atoms with Crippen molar-refractivity contribution in [2.75, 3.05) is 20.1 Å². The van der Waals surface area contributed by atoms with Gasteiger partial charge in [0.05, 0.1) is 6.54 Å². The van der Waals surface area contributed by atoms with Crippen molar-refractivity contribution >= 4 is 0 Å². The number of hydrogen-bond donors (Lipinski definition) is 1. The molecule has 0 amide bonds.